The van der Waals surface area contributed by atoms with Gasteiger partial charge in [0.05, 0.1) is 17.1 Å². The zero-order valence-corrected chi connectivity index (χ0v) is 10.4. The molecule has 0 aliphatic rings. The first kappa shape index (κ1) is 11.5. The van der Waals surface area contributed by atoms with E-state index in [1.165, 1.54) is 0 Å². The number of benzene rings is 1. The molecule has 2 aromatic rings. The average molecular weight is 227 g/mol. The van der Waals surface area contributed by atoms with Gasteiger partial charge in [0, 0.05) is 26.0 Å². The van der Waals surface area contributed by atoms with Gasteiger partial charge in [-0.2, -0.15) is 0 Å². The van der Waals surface area contributed by atoms with E-state index in [2.05, 4.69) is 15.2 Å². The van der Waals surface area contributed by atoms with Crippen LogP contribution in [0.3, 0.4) is 0 Å². The largest absolute Gasteiger partial charge is 0.376 e. The predicted octanol–water partition coefficient (Wildman–Crippen LogP) is 3.20. The normalized spacial score (nSPS) is 10.1. The summed E-state index contributed by atoms with van der Waals surface area (Å²) in [5.74, 6) is 0. The first-order valence-corrected chi connectivity index (χ1v) is 5.63. The monoisotopic (exact) mass is 227 g/mol. The van der Waals surface area contributed by atoms with Crippen molar-refractivity contribution in [2.24, 2.45) is 0 Å². The molecule has 0 saturated carbocycles. The van der Waals surface area contributed by atoms with E-state index in [4.69, 9.17) is 0 Å². The Morgan fingerprint density at radius 1 is 1.06 bits per heavy atom. The van der Waals surface area contributed by atoms with Crippen molar-refractivity contribution in [3.63, 3.8) is 0 Å². The fourth-order valence-corrected chi connectivity index (χ4v) is 1.75. The zero-order chi connectivity index (χ0) is 12.3. The van der Waals surface area contributed by atoms with Crippen LogP contribution < -0.4 is 10.2 Å². The van der Waals surface area contributed by atoms with Crippen LogP contribution in [0.2, 0.25) is 0 Å². The predicted molar refractivity (Wildman–Crippen MR) is 73.0 cm³/mol. The molecule has 0 atom stereocenters. The summed E-state index contributed by atoms with van der Waals surface area (Å²) in [5.41, 5.74) is 4.27. The molecule has 0 aliphatic heterocycles. The first-order chi connectivity index (χ1) is 8.18. The van der Waals surface area contributed by atoms with Crippen molar-refractivity contribution in [1.29, 1.82) is 0 Å². The Bertz CT molecular complexity index is 492. The van der Waals surface area contributed by atoms with E-state index in [9.17, 15) is 0 Å². The minimum absolute atomic E-state index is 1.00. The van der Waals surface area contributed by atoms with E-state index >= 15 is 0 Å². The molecule has 0 amide bonds. The van der Waals surface area contributed by atoms with Crippen LogP contribution in [0.25, 0.3) is 0 Å². The molecule has 3 heteroatoms. The molecule has 0 fully saturated rings. The summed E-state index contributed by atoms with van der Waals surface area (Å²) in [7, 11) is 4.07. The molecule has 1 N–H and O–H groups in total. The number of nitrogens with zero attached hydrogens (tertiary/aromatic N) is 2. The molecule has 1 aromatic carbocycles. The minimum Gasteiger partial charge on any atom is -0.376 e. The number of para-hydroxylation sites is 1. The van der Waals surface area contributed by atoms with Crippen molar-refractivity contribution in [1.82, 2.24) is 4.98 Å². The zero-order valence-electron chi connectivity index (χ0n) is 10.4. The summed E-state index contributed by atoms with van der Waals surface area (Å²) in [4.78, 5) is 6.41. The highest BCUT2D eigenvalue weighted by molar-refractivity contribution is 5.76. The number of nitrogens with one attached hydrogen (secondary N) is 1. The van der Waals surface area contributed by atoms with Gasteiger partial charge in [0.15, 0.2) is 0 Å². The Morgan fingerprint density at radius 2 is 1.76 bits per heavy atom. The van der Waals surface area contributed by atoms with E-state index in [1.54, 1.807) is 0 Å². The summed E-state index contributed by atoms with van der Waals surface area (Å²) in [6.07, 6.45) is 1.83. The van der Waals surface area contributed by atoms with Crippen molar-refractivity contribution < 1.29 is 0 Å². The quantitative estimate of drug-likeness (QED) is 0.872. The van der Waals surface area contributed by atoms with Crippen LogP contribution in [0.1, 0.15) is 5.69 Å². The standard InChI is InChI=1S/C14H17N3/c1-11-14(13(17(2)3)9-10-15-11)16-12-7-5-4-6-8-12/h4-10,16H,1-3H3. The lowest BCUT2D eigenvalue weighted by molar-refractivity contribution is 1.10. The lowest BCUT2D eigenvalue weighted by Gasteiger charge is -2.19. The van der Waals surface area contributed by atoms with Gasteiger partial charge in [-0.1, -0.05) is 18.2 Å². The van der Waals surface area contributed by atoms with Crippen LogP contribution >= 0.6 is 0 Å². The average Bonchev–Trinajstić information content (AvgIpc) is 2.33. The Balaban J connectivity index is 2.38. The van der Waals surface area contributed by atoms with Crippen LogP contribution in [-0.2, 0) is 0 Å². The fourth-order valence-electron chi connectivity index (χ4n) is 1.75. The number of rotatable bonds is 3. The third-order valence-electron chi connectivity index (χ3n) is 2.64. The second-order valence-electron chi connectivity index (χ2n) is 4.18. The smallest absolute Gasteiger partial charge is 0.0837 e. The van der Waals surface area contributed by atoms with E-state index in [0.29, 0.717) is 0 Å². The third kappa shape index (κ3) is 2.56. The molecule has 1 heterocycles. The lowest BCUT2D eigenvalue weighted by atomic mass is 10.2. The molecule has 0 saturated heterocycles. The summed E-state index contributed by atoms with van der Waals surface area (Å²) in [5, 5.41) is 3.42. The second kappa shape index (κ2) is 4.87. The molecule has 88 valence electrons. The molecule has 0 radical (unpaired) electrons. The Kier molecular flexibility index (Phi) is 3.28. The maximum atomic E-state index is 4.33. The van der Waals surface area contributed by atoms with Gasteiger partial charge in [0.25, 0.3) is 0 Å². The van der Waals surface area contributed by atoms with E-state index < -0.39 is 0 Å². The molecule has 1 aromatic heterocycles. The highest BCUT2D eigenvalue weighted by Gasteiger charge is 2.08. The van der Waals surface area contributed by atoms with Gasteiger partial charge in [-0.05, 0) is 25.1 Å². The maximum absolute atomic E-state index is 4.33. The number of anilines is 3. The molecular weight excluding hydrogens is 210 g/mol. The summed E-state index contributed by atoms with van der Waals surface area (Å²) >= 11 is 0. The molecule has 17 heavy (non-hydrogen) atoms. The first-order valence-electron chi connectivity index (χ1n) is 5.63. The SMILES string of the molecule is Cc1nccc(N(C)C)c1Nc1ccccc1. The number of aryl methyl sites for hydroxylation is 1. The van der Waals surface area contributed by atoms with Gasteiger partial charge in [0.2, 0.25) is 0 Å². The van der Waals surface area contributed by atoms with Crippen LogP contribution in [0.15, 0.2) is 42.6 Å². The maximum Gasteiger partial charge on any atom is 0.0837 e. The lowest BCUT2D eigenvalue weighted by Crippen LogP contribution is -2.12. The van der Waals surface area contributed by atoms with E-state index in [0.717, 1.165) is 22.8 Å². The van der Waals surface area contributed by atoms with Gasteiger partial charge in [-0.15, -0.1) is 0 Å². The Labute approximate surface area is 102 Å². The van der Waals surface area contributed by atoms with Crippen molar-refractivity contribution >= 4 is 17.1 Å². The molecule has 0 spiro atoms. The Hall–Kier alpha value is -2.03. The van der Waals surface area contributed by atoms with Gasteiger partial charge in [-0.25, -0.2) is 0 Å². The number of hydrogen-bond donors (Lipinski definition) is 1. The number of pyridine rings is 1. The molecule has 0 aliphatic carbocycles. The highest BCUT2D eigenvalue weighted by Crippen LogP contribution is 2.29. The van der Waals surface area contributed by atoms with Gasteiger partial charge < -0.3 is 10.2 Å². The van der Waals surface area contributed by atoms with E-state index in [1.807, 2.05) is 63.6 Å². The number of hydrogen-bond acceptors (Lipinski definition) is 3. The van der Waals surface area contributed by atoms with Crippen LogP contribution in [0, 0.1) is 6.92 Å². The van der Waals surface area contributed by atoms with Crippen LogP contribution in [0.4, 0.5) is 17.1 Å². The topological polar surface area (TPSA) is 28.2 Å². The Morgan fingerprint density at radius 3 is 2.41 bits per heavy atom. The minimum atomic E-state index is 1.00. The van der Waals surface area contributed by atoms with Crippen molar-refractivity contribution in [3.8, 4) is 0 Å². The van der Waals surface area contributed by atoms with E-state index in [-0.39, 0.29) is 0 Å². The molecule has 0 bridgehead atoms. The molecule has 0 unspecified atom stereocenters. The second-order valence-corrected chi connectivity index (χ2v) is 4.18. The highest BCUT2D eigenvalue weighted by atomic mass is 15.1. The molecule has 3 nitrogen and oxygen atoms in total. The van der Waals surface area contributed by atoms with Gasteiger partial charge in [0.1, 0.15) is 0 Å². The summed E-state index contributed by atoms with van der Waals surface area (Å²) in [6, 6.07) is 12.1. The van der Waals surface area contributed by atoms with Gasteiger partial charge >= 0.3 is 0 Å². The fraction of sp³-hybridized carbons (Fsp3) is 0.214. The van der Waals surface area contributed by atoms with Crippen molar-refractivity contribution in [3.05, 3.63) is 48.3 Å². The summed E-state index contributed by atoms with van der Waals surface area (Å²) < 4.78 is 0. The van der Waals surface area contributed by atoms with Crippen LogP contribution in [-0.4, -0.2) is 19.1 Å². The van der Waals surface area contributed by atoms with Crippen LogP contribution in [0.5, 0.6) is 0 Å². The van der Waals surface area contributed by atoms with Crippen molar-refractivity contribution in [2.45, 2.75) is 6.92 Å². The summed E-state index contributed by atoms with van der Waals surface area (Å²) in [6.45, 7) is 2.01. The van der Waals surface area contributed by atoms with Gasteiger partial charge in [-0.3, -0.25) is 4.98 Å². The molecule has 2 rings (SSSR count). The third-order valence-corrected chi connectivity index (χ3v) is 2.64. The number of aromatic nitrogens is 1. The molecular formula is C14H17N3. The van der Waals surface area contributed by atoms with Crippen molar-refractivity contribution in [2.75, 3.05) is 24.3 Å².